The number of hydrogen-bond donors (Lipinski definition) is 1. The van der Waals surface area contributed by atoms with Crippen molar-refractivity contribution in [2.75, 3.05) is 6.61 Å². The lowest BCUT2D eigenvalue weighted by Gasteiger charge is -2.14. The van der Waals surface area contributed by atoms with Gasteiger partial charge < -0.3 is 5.11 Å². The molecule has 1 aliphatic rings. The van der Waals surface area contributed by atoms with Gasteiger partial charge in [-0.15, -0.1) is 0 Å². The van der Waals surface area contributed by atoms with Gasteiger partial charge in [-0.05, 0) is 18.2 Å². The third-order valence-corrected chi connectivity index (χ3v) is 3.00. The Morgan fingerprint density at radius 1 is 1.25 bits per heavy atom. The Hall–Kier alpha value is -2.19. The summed E-state index contributed by atoms with van der Waals surface area (Å²) in [5.74, 6) is 4.52. The molecule has 1 N–H and O–H groups in total. The highest BCUT2D eigenvalue weighted by Gasteiger charge is 2.29. The SMILES string of the molecule is O=C1CCC(=O)N1Cc1cc(C#CCCO)ccc1F. The van der Waals surface area contributed by atoms with Crippen LogP contribution in [0.15, 0.2) is 18.2 Å². The highest BCUT2D eigenvalue weighted by molar-refractivity contribution is 6.01. The molecule has 0 radical (unpaired) electrons. The van der Waals surface area contributed by atoms with Crippen molar-refractivity contribution in [1.29, 1.82) is 0 Å². The molecular formula is C15H14FNO3. The molecule has 5 heteroatoms. The van der Waals surface area contributed by atoms with Gasteiger partial charge in [0.05, 0.1) is 13.2 Å². The maximum Gasteiger partial charge on any atom is 0.229 e. The van der Waals surface area contributed by atoms with E-state index in [1.54, 1.807) is 0 Å². The molecule has 1 aromatic rings. The molecule has 2 amide bonds. The normalized spacial score (nSPS) is 14.4. The van der Waals surface area contributed by atoms with Gasteiger partial charge in [0.25, 0.3) is 0 Å². The van der Waals surface area contributed by atoms with Gasteiger partial charge in [-0.2, -0.15) is 0 Å². The number of benzene rings is 1. The van der Waals surface area contributed by atoms with E-state index in [1.807, 2.05) is 0 Å². The summed E-state index contributed by atoms with van der Waals surface area (Å²) in [5, 5.41) is 8.65. The highest BCUT2D eigenvalue weighted by Crippen LogP contribution is 2.18. The molecule has 0 bridgehead atoms. The largest absolute Gasteiger partial charge is 0.395 e. The fourth-order valence-electron chi connectivity index (χ4n) is 1.96. The zero-order valence-corrected chi connectivity index (χ0v) is 10.9. The van der Waals surface area contributed by atoms with E-state index in [9.17, 15) is 14.0 Å². The Labute approximate surface area is 116 Å². The molecule has 4 nitrogen and oxygen atoms in total. The van der Waals surface area contributed by atoms with Crippen LogP contribution in [0.2, 0.25) is 0 Å². The first-order valence-corrected chi connectivity index (χ1v) is 6.33. The van der Waals surface area contributed by atoms with Crippen molar-refractivity contribution in [2.45, 2.75) is 25.8 Å². The van der Waals surface area contributed by atoms with Crippen LogP contribution in [-0.2, 0) is 16.1 Å². The minimum Gasteiger partial charge on any atom is -0.395 e. The van der Waals surface area contributed by atoms with E-state index in [0.29, 0.717) is 12.0 Å². The van der Waals surface area contributed by atoms with Crippen LogP contribution in [0.25, 0.3) is 0 Å². The summed E-state index contributed by atoms with van der Waals surface area (Å²) in [5.41, 5.74) is 0.860. The van der Waals surface area contributed by atoms with Crippen LogP contribution in [0.3, 0.4) is 0 Å². The van der Waals surface area contributed by atoms with E-state index in [-0.39, 0.29) is 43.4 Å². The topological polar surface area (TPSA) is 57.6 Å². The lowest BCUT2D eigenvalue weighted by molar-refractivity contribution is -0.139. The van der Waals surface area contributed by atoms with E-state index in [1.165, 1.54) is 18.2 Å². The number of imide groups is 1. The fourth-order valence-corrected chi connectivity index (χ4v) is 1.96. The zero-order valence-electron chi connectivity index (χ0n) is 10.9. The number of amides is 2. The Kier molecular flexibility index (Phi) is 4.49. The summed E-state index contributed by atoms with van der Waals surface area (Å²) in [6.07, 6.45) is 0.725. The number of aliphatic hydroxyl groups excluding tert-OH is 1. The monoisotopic (exact) mass is 275 g/mol. The van der Waals surface area contributed by atoms with Crippen LogP contribution in [-0.4, -0.2) is 28.4 Å². The molecule has 0 atom stereocenters. The molecular weight excluding hydrogens is 261 g/mol. The molecule has 1 heterocycles. The first-order chi connectivity index (χ1) is 9.61. The Morgan fingerprint density at radius 2 is 1.95 bits per heavy atom. The summed E-state index contributed by atoms with van der Waals surface area (Å²) < 4.78 is 13.7. The second-order valence-corrected chi connectivity index (χ2v) is 4.46. The first-order valence-electron chi connectivity index (χ1n) is 6.33. The Balaban J connectivity index is 2.19. The van der Waals surface area contributed by atoms with Crippen molar-refractivity contribution >= 4 is 11.8 Å². The predicted octanol–water partition coefficient (Wildman–Crippen LogP) is 1.21. The van der Waals surface area contributed by atoms with Gasteiger partial charge >= 0.3 is 0 Å². The predicted molar refractivity (Wildman–Crippen MR) is 69.8 cm³/mol. The van der Waals surface area contributed by atoms with E-state index in [2.05, 4.69) is 11.8 Å². The molecule has 1 aliphatic heterocycles. The summed E-state index contributed by atoms with van der Waals surface area (Å²) in [6, 6.07) is 4.32. The van der Waals surface area contributed by atoms with Crippen molar-refractivity contribution in [2.24, 2.45) is 0 Å². The molecule has 0 aliphatic carbocycles. The molecule has 0 aromatic heterocycles. The number of rotatable bonds is 3. The number of carbonyl (C=O) groups is 2. The summed E-state index contributed by atoms with van der Waals surface area (Å²) in [6.45, 7) is -0.0865. The standard InChI is InChI=1S/C15H14FNO3/c16-13-5-4-11(3-1-2-8-18)9-12(13)10-17-14(19)6-7-15(17)20/h4-5,9,18H,2,6-8,10H2. The molecule has 1 fully saturated rings. The number of carbonyl (C=O) groups excluding carboxylic acids is 2. The van der Waals surface area contributed by atoms with E-state index < -0.39 is 5.82 Å². The third-order valence-electron chi connectivity index (χ3n) is 3.00. The summed E-state index contributed by atoms with van der Waals surface area (Å²) >= 11 is 0. The Bertz CT molecular complexity index is 585. The molecule has 0 unspecified atom stereocenters. The minimum atomic E-state index is -0.467. The Morgan fingerprint density at radius 3 is 2.60 bits per heavy atom. The molecule has 1 saturated heterocycles. The molecule has 2 rings (SSSR count). The number of hydrogen-bond acceptors (Lipinski definition) is 3. The number of aliphatic hydroxyl groups is 1. The molecule has 20 heavy (non-hydrogen) atoms. The average Bonchev–Trinajstić information content (AvgIpc) is 2.74. The smallest absolute Gasteiger partial charge is 0.229 e. The third kappa shape index (κ3) is 3.22. The lowest BCUT2D eigenvalue weighted by Crippen LogP contribution is -2.28. The second-order valence-electron chi connectivity index (χ2n) is 4.46. The van der Waals surface area contributed by atoms with E-state index in [0.717, 1.165) is 4.90 Å². The number of nitrogens with zero attached hydrogens (tertiary/aromatic N) is 1. The van der Waals surface area contributed by atoms with Crippen LogP contribution in [0.5, 0.6) is 0 Å². The first kappa shape index (κ1) is 14.2. The highest BCUT2D eigenvalue weighted by atomic mass is 19.1. The van der Waals surface area contributed by atoms with Gasteiger partial charge in [-0.1, -0.05) is 11.8 Å². The average molecular weight is 275 g/mol. The van der Waals surface area contributed by atoms with Crippen LogP contribution in [0.4, 0.5) is 4.39 Å². The second kappa shape index (κ2) is 6.31. The quantitative estimate of drug-likeness (QED) is 0.666. The van der Waals surface area contributed by atoms with Gasteiger partial charge in [0.2, 0.25) is 11.8 Å². The van der Waals surface area contributed by atoms with Crippen molar-refractivity contribution < 1.29 is 19.1 Å². The van der Waals surface area contributed by atoms with Crippen LogP contribution in [0.1, 0.15) is 30.4 Å². The maximum absolute atomic E-state index is 13.7. The van der Waals surface area contributed by atoms with Crippen molar-refractivity contribution in [3.63, 3.8) is 0 Å². The van der Waals surface area contributed by atoms with Crippen molar-refractivity contribution in [1.82, 2.24) is 4.90 Å². The van der Waals surface area contributed by atoms with Crippen LogP contribution < -0.4 is 0 Å². The number of likely N-dealkylation sites (tertiary alicyclic amines) is 1. The van der Waals surface area contributed by atoms with Gasteiger partial charge in [0, 0.05) is 30.4 Å². The maximum atomic E-state index is 13.7. The molecule has 0 spiro atoms. The molecule has 104 valence electrons. The molecule has 1 aromatic carbocycles. The summed E-state index contributed by atoms with van der Waals surface area (Å²) in [7, 11) is 0. The van der Waals surface area contributed by atoms with E-state index >= 15 is 0 Å². The molecule has 0 saturated carbocycles. The van der Waals surface area contributed by atoms with Crippen molar-refractivity contribution in [3.05, 3.63) is 35.1 Å². The van der Waals surface area contributed by atoms with Crippen molar-refractivity contribution in [3.8, 4) is 11.8 Å². The van der Waals surface area contributed by atoms with Crippen LogP contribution in [0, 0.1) is 17.7 Å². The van der Waals surface area contributed by atoms with Crippen LogP contribution >= 0.6 is 0 Å². The lowest BCUT2D eigenvalue weighted by atomic mass is 10.1. The van der Waals surface area contributed by atoms with Gasteiger partial charge in [0.1, 0.15) is 5.82 Å². The van der Waals surface area contributed by atoms with E-state index in [4.69, 9.17) is 5.11 Å². The van der Waals surface area contributed by atoms with Gasteiger partial charge in [-0.25, -0.2) is 4.39 Å². The fraction of sp³-hybridized carbons (Fsp3) is 0.333. The van der Waals surface area contributed by atoms with Gasteiger partial charge in [0.15, 0.2) is 0 Å². The van der Waals surface area contributed by atoms with Gasteiger partial charge in [-0.3, -0.25) is 14.5 Å². The minimum absolute atomic E-state index is 0.0299. The summed E-state index contributed by atoms with van der Waals surface area (Å²) in [4.78, 5) is 24.1. The number of halogens is 1. The zero-order chi connectivity index (χ0) is 14.5.